The van der Waals surface area contributed by atoms with Crippen molar-refractivity contribution < 1.29 is 19.5 Å². The first kappa shape index (κ1) is 20.5. The third kappa shape index (κ3) is 2.80. The van der Waals surface area contributed by atoms with Crippen molar-refractivity contribution in [3.05, 3.63) is 49.4 Å². The molecule has 2 aromatic rings. The summed E-state index contributed by atoms with van der Waals surface area (Å²) in [6, 6.07) is 7.66. The molecular weight excluding hydrogens is 472 g/mol. The van der Waals surface area contributed by atoms with Gasteiger partial charge in [0.2, 0.25) is 11.8 Å². The van der Waals surface area contributed by atoms with Crippen LogP contribution in [0.25, 0.3) is 0 Å². The summed E-state index contributed by atoms with van der Waals surface area (Å²) in [5.74, 6) is -2.08. The molecular formula is C22H19ClN2O5S2. The van der Waals surface area contributed by atoms with Gasteiger partial charge in [-0.15, -0.1) is 11.8 Å². The Labute approximate surface area is 196 Å². The highest BCUT2D eigenvalue weighted by Gasteiger charge is 2.69. The second-order valence-corrected chi connectivity index (χ2v) is 11.6. The average molecular weight is 491 g/mol. The van der Waals surface area contributed by atoms with Crippen LogP contribution in [0.5, 0.6) is 0 Å². The third-order valence-corrected chi connectivity index (χ3v) is 10.4. The van der Waals surface area contributed by atoms with Crippen LogP contribution >= 0.6 is 34.7 Å². The molecule has 2 amide bonds. The van der Waals surface area contributed by atoms with Gasteiger partial charge >= 0.3 is 10.8 Å². The fourth-order valence-corrected chi connectivity index (χ4v) is 9.56. The highest BCUT2D eigenvalue weighted by Crippen LogP contribution is 2.68. The van der Waals surface area contributed by atoms with E-state index in [1.165, 1.54) is 16.2 Å². The van der Waals surface area contributed by atoms with Crippen LogP contribution in [0.3, 0.4) is 0 Å². The maximum atomic E-state index is 13.2. The number of hydrogen-bond donors (Lipinski definition) is 2. The summed E-state index contributed by atoms with van der Waals surface area (Å²) >= 11 is 8.98. The van der Waals surface area contributed by atoms with E-state index in [9.17, 15) is 19.2 Å². The number of H-pyrrole nitrogens is 1. The van der Waals surface area contributed by atoms with Gasteiger partial charge in [0, 0.05) is 27.6 Å². The lowest BCUT2D eigenvalue weighted by Crippen LogP contribution is -2.42. The molecule has 166 valence electrons. The number of carboxylic acid groups (broad SMARTS) is 1. The summed E-state index contributed by atoms with van der Waals surface area (Å²) < 4.78 is 0. The summed E-state index contributed by atoms with van der Waals surface area (Å²) in [7, 11) is 0. The number of likely N-dealkylation sites (tertiary alicyclic amines) is 1. The number of aromatic amines is 1. The Morgan fingerprint density at radius 3 is 2.50 bits per heavy atom. The van der Waals surface area contributed by atoms with Crippen LogP contribution in [0.4, 0.5) is 0 Å². The second kappa shape index (κ2) is 7.20. The molecule has 2 aliphatic heterocycles. The summed E-state index contributed by atoms with van der Waals surface area (Å²) in [5, 5.41) is 10.6. The molecule has 2 aliphatic carbocycles. The number of aromatic nitrogens is 1. The van der Waals surface area contributed by atoms with Crippen molar-refractivity contribution in [1.29, 1.82) is 0 Å². The van der Waals surface area contributed by atoms with Gasteiger partial charge in [-0.25, -0.2) is 0 Å². The van der Waals surface area contributed by atoms with Gasteiger partial charge in [0.15, 0.2) is 0 Å². The fourth-order valence-electron chi connectivity index (χ4n) is 6.55. The lowest BCUT2D eigenvalue weighted by atomic mass is 9.68. The Hall–Kier alpha value is -2.10. The quantitative estimate of drug-likeness (QED) is 0.638. The van der Waals surface area contributed by atoms with Crippen LogP contribution in [0.15, 0.2) is 34.1 Å². The van der Waals surface area contributed by atoms with Crippen LogP contribution in [0.1, 0.15) is 29.2 Å². The van der Waals surface area contributed by atoms with E-state index in [-0.39, 0.29) is 64.5 Å². The van der Waals surface area contributed by atoms with Crippen molar-refractivity contribution >= 4 is 52.5 Å². The Balaban J connectivity index is 1.41. The maximum Gasteiger partial charge on any atom is 0.305 e. The molecule has 2 N–H and O–H groups in total. The molecule has 0 unspecified atom stereocenters. The molecule has 1 saturated heterocycles. The Kier molecular flexibility index (Phi) is 4.61. The largest absolute Gasteiger partial charge is 0.481 e. The van der Waals surface area contributed by atoms with E-state index in [0.717, 1.165) is 21.9 Å². The predicted octanol–water partition coefficient (Wildman–Crippen LogP) is 3.04. The minimum absolute atomic E-state index is 0.0276. The SMILES string of the molecule is O=C(O)CCN1C(=O)[C@@H]2[C@H]3C[C@@H]([C@H]4Sc5[nH]c(=O)sc5[C@@H](c5ccc(Cl)cc5)[C@@H]34)[C@H]2C1=O. The first-order valence-corrected chi connectivity index (χ1v) is 12.6. The number of carbonyl (C=O) groups excluding carboxylic acids is 2. The Morgan fingerprint density at radius 2 is 1.81 bits per heavy atom. The summed E-state index contributed by atoms with van der Waals surface area (Å²) in [6.07, 6.45) is 0.574. The lowest BCUT2D eigenvalue weighted by Gasteiger charge is -2.43. The van der Waals surface area contributed by atoms with Crippen LogP contribution in [-0.4, -0.2) is 44.6 Å². The second-order valence-electron chi connectivity index (χ2n) is 8.98. The number of hydrogen-bond acceptors (Lipinski definition) is 6. The maximum absolute atomic E-state index is 13.2. The zero-order valence-corrected chi connectivity index (χ0v) is 19.1. The number of fused-ring (bicyclic) bond motifs is 9. The van der Waals surface area contributed by atoms with Crippen molar-refractivity contribution in [2.24, 2.45) is 29.6 Å². The van der Waals surface area contributed by atoms with Gasteiger partial charge in [0.1, 0.15) is 0 Å². The van der Waals surface area contributed by atoms with Gasteiger partial charge in [-0.2, -0.15) is 0 Å². The van der Waals surface area contributed by atoms with Crippen molar-refractivity contribution in [2.45, 2.75) is 29.0 Å². The number of amides is 2. The van der Waals surface area contributed by atoms with Gasteiger partial charge in [0.05, 0.1) is 23.3 Å². The number of halogens is 1. The Morgan fingerprint density at radius 1 is 1.12 bits per heavy atom. The highest BCUT2D eigenvalue weighted by molar-refractivity contribution is 8.00. The summed E-state index contributed by atoms with van der Waals surface area (Å²) in [6.45, 7) is -0.0663. The first-order valence-electron chi connectivity index (χ1n) is 10.6. The van der Waals surface area contributed by atoms with E-state index in [1.807, 2.05) is 24.3 Å². The van der Waals surface area contributed by atoms with Gasteiger partial charge < -0.3 is 10.1 Å². The number of carboxylic acids is 1. The number of benzene rings is 1. The smallest absolute Gasteiger partial charge is 0.305 e. The summed E-state index contributed by atoms with van der Waals surface area (Å²) in [5.41, 5.74) is 1.06. The molecule has 3 heterocycles. The molecule has 32 heavy (non-hydrogen) atoms. The molecule has 4 aliphatic rings. The zero-order chi connectivity index (χ0) is 22.3. The molecule has 0 radical (unpaired) electrons. The molecule has 2 bridgehead atoms. The minimum atomic E-state index is -1.02. The molecule has 7 nitrogen and oxygen atoms in total. The number of carbonyl (C=O) groups is 3. The zero-order valence-electron chi connectivity index (χ0n) is 16.7. The molecule has 1 aromatic carbocycles. The number of thiazole rings is 1. The van der Waals surface area contributed by atoms with Crippen LogP contribution in [-0.2, 0) is 14.4 Å². The van der Waals surface area contributed by atoms with Crippen molar-refractivity contribution in [3.63, 3.8) is 0 Å². The number of imide groups is 1. The van der Waals surface area contributed by atoms with E-state index < -0.39 is 11.9 Å². The van der Waals surface area contributed by atoms with Crippen molar-refractivity contribution in [2.75, 3.05) is 6.54 Å². The van der Waals surface area contributed by atoms with E-state index in [1.54, 1.807) is 11.8 Å². The van der Waals surface area contributed by atoms with Crippen molar-refractivity contribution in [1.82, 2.24) is 9.88 Å². The molecule has 2 saturated carbocycles. The minimum Gasteiger partial charge on any atom is -0.481 e. The van der Waals surface area contributed by atoms with Gasteiger partial charge in [-0.3, -0.25) is 24.1 Å². The first-order chi connectivity index (χ1) is 15.3. The number of aliphatic carboxylic acids is 1. The van der Waals surface area contributed by atoms with E-state index in [2.05, 4.69) is 4.98 Å². The van der Waals surface area contributed by atoms with Crippen molar-refractivity contribution in [3.8, 4) is 0 Å². The topological polar surface area (TPSA) is 108 Å². The average Bonchev–Trinajstić information content (AvgIpc) is 3.47. The molecule has 1 aromatic heterocycles. The van der Waals surface area contributed by atoms with Crippen LogP contribution in [0.2, 0.25) is 5.02 Å². The van der Waals surface area contributed by atoms with Crippen LogP contribution in [0, 0.1) is 29.6 Å². The molecule has 0 spiro atoms. The fraction of sp³-hybridized carbons (Fsp3) is 0.455. The summed E-state index contributed by atoms with van der Waals surface area (Å²) in [4.78, 5) is 54.7. The standard InChI is InChI=1S/C22H19ClN2O5S2/c23-9-3-1-8(2-4-9)13-14-10-7-11(17(14)31-19-18(13)32-22(30)24-19)16-15(10)20(28)25(21(16)29)6-5-12(26)27/h1-4,10-11,13-17H,5-7H2,(H,24,30)(H,26,27)/t10-,11+,13-,14+,15+,16+,17+/m0/s1. The number of thioether (sulfide) groups is 1. The molecule has 7 atom stereocenters. The van der Waals surface area contributed by atoms with E-state index >= 15 is 0 Å². The lowest BCUT2D eigenvalue weighted by molar-refractivity contribution is -0.142. The normalized spacial score (nSPS) is 34.5. The molecule has 10 heteroatoms. The Bertz CT molecular complexity index is 1210. The number of rotatable bonds is 4. The van der Waals surface area contributed by atoms with Gasteiger partial charge in [-0.05, 0) is 41.9 Å². The van der Waals surface area contributed by atoms with E-state index in [0.29, 0.717) is 5.02 Å². The molecule has 3 fully saturated rings. The predicted molar refractivity (Wildman–Crippen MR) is 119 cm³/mol. The monoisotopic (exact) mass is 490 g/mol. The third-order valence-electron chi connectivity index (χ3n) is 7.59. The number of nitrogens with zero attached hydrogens (tertiary/aromatic N) is 1. The highest BCUT2D eigenvalue weighted by atomic mass is 35.5. The molecule has 6 rings (SSSR count). The van der Waals surface area contributed by atoms with Crippen LogP contribution < -0.4 is 4.87 Å². The van der Waals surface area contributed by atoms with Gasteiger partial charge in [0.25, 0.3) is 0 Å². The van der Waals surface area contributed by atoms with Gasteiger partial charge in [-0.1, -0.05) is 35.1 Å². The van der Waals surface area contributed by atoms with E-state index in [4.69, 9.17) is 16.7 Å². The number of nitrogens with one attached hydrogen (secondary N) is 1.